The van der Waals surface area contributed by atoms with E-state index in [2.05, 4.69) is 0 Å². The number of carbonyl (C=O) groups excluding carboxylic acids is 4. The molecule has 1 saturated heterocycles. The van der Waals surface area contributed by atoms with Gasteiger partial charge < -0.3 is 28.4 Å². The number of benzene rings is 2. The lowest BCUT2D eigenvalue weighted by molar-refractivity contribution is -0.254. The molecule has 0 amide bonds. The third-order valence-electron chi connectivity index (χ3n) is 8.21. The zero-order valence-electron chi connectivity index (χ0n) is 25.2. The van der Waals surface area contributed by atoms with E-state index in [4.69, 9.17) is 40.0 Å². The predicted molar refractivity (Wildman–Crippen MR) is 157 cm³/mol. The summed E-state index contributed by atoms with van der Waals surface area (Å²) < 4.78 is 34.4. The van der Waals surface area contributed by atoms with Crippen molar-refractivity contribution in [2.45, 2.75) is 90.0 Å². The minimum absolute atomic E-state index is 0.289. The lowest BCUT2D eigenvalue weighted by atomic mass is 9.89. The highest BCUT2D eigenvalue weighted by Gasteiger charge is 2.52. The van der Waals surface area contributed by atoms with Crippen molar-refractivity contribution >= 4 is 35.5 Å². The van der Waals surface area contributed by atoms with Crippen molar-refractivity contribution in [1.29, 1.82) is 0 Å². The first-order valence-electron chi connectivity index (χ1n) is 14.8. The molecule has 3 fully saturated rings. The fourth-order valence-electron chi connectivity index (χ4n) is 6.26. The standard InChI is InChI=1S/C33H37ClO10/c1-17(35)39-16-29-31(40-18(2)36)33(42-20(4)38)32(41-19(3)37)30(44-29)22-7-10-28(34)25(12-22)11-21-5-8-26(9-6-21)43-27-14-23-13-24(23)15-27/h5-10,12,23-24,27,29-33H,11,13-16H2,1-4H3/t23-,24+,27+,29-,30+,31-,32+,33+/m1/s1. The fraction of sp³-hybridized carbons (Fsp3) is 0.515. The van der Waals surface area contributed by atoms with E-state index in [1.807, 2.05) is 30.3 Å². The summed E-state index contributed by atoms with van der Waals surface area (Å²) in [6.45, 7) is 4.51. The molecule has 2 aliphatic carbocycles. The zero-order valence-corrected chi connectivity index (χ0v) is 25.9. The Bertz CT molecular complexity index is 1380. The van der Waals surface area contributed by atoms with Crippen LogP contribution in [0, 0.1) is 11.8 Å². The van der Waals surface area contributed by atoms with Crippen molar-refractivity contribution in [1.82, 2.24) is 0 Å². The fourth-order valence-corrected chi connectivity index (χ4v) is 6.44. The maximum absolute atomic E-state index is 12.2. The average molecular weight is 629 g/mol. The van der Waals surface area contributed by atoms with E-state index in [0.29, 0.717) is 17.0 Å². The van der Waals surface area contributed by atoms with Crippen LogP contribution in [0.15, 0.2) is 42.5 Å². The summed E-state index contributed by atoms with van der Waals surface area (Å²) in [5, 5.41) is 0.518. The Hall–Kier alpha value is -3.63. The Balaban J connectivity index is 1.41. The minimum Gasteiger partial charge on any atom is -0.490 e. The van der Waals surface area contributed by atoms with Gasteiger partial charge in [0.05, 0.1) is 6.10 Å². The second-order valence-corrected chi connectivity index (χ2v) is 12.2. The van der Waals surface area contributed by atoms with Gasteiger partial charge in [0.1, 0.15) is 24.6 Å². The normalized spacial score (nSPS) is 28.8. The molecule has 2 aromatic carbocycles. The molecule has 236 valence electrons. The molecular formula is C33H37ClO10. The van der Waals surface area contributed by atoms with E-state index < -0.39 is 54.4 Å². The summed E-state index contributed by atoms with van der Waals surface area (Å²) in [4.78, 5) is 48.1. The number of halogens is 1. The highest BCUT2D eigenvalue weighted by atomic mass is 35.5. The number of hydrogen-bond donors (Lipinski definition) is 0. The van der Waals surface area contributed by atoms with E-state index in [-0.39, 0.29) is 12.7 Å². The molecule has 44 heavy (non-hydrogen) atoms. The lowest BCUT2D eigenvalue weighted by Crippen LogP contribution is -2.59. The number of fused-ring (bicyclic) bond motifs is 1. The van der Waals surface area contributed by atoms with Gasteiger partial charge in [0.2, 0.25) is 0 Å². The molecule has 2 aromatic rings. The molecule has 1 aliphatic heterocycles. The smallest absolute Gasteiger partial charge is 0.303 e. The second-order valence-electron chi connectivity index (χ2n) is 11.8. The largest absolute Gasteiger partial charge is 0.490 e. The molecular weight excluding hydrogens is 592 g/mol. The molecule has 0 unspecified atom stereocenters. The Kier molecular flexibility index (Phi) is 9.80. The molecule has 0 aromatic heterocycles. The summed E-state index contributed by atoms with van der Waals surface area (Å²) in [7, 11) is 0. The van der Waals surface area contributed by atoms with Crippen LogP contribution < -0.4 is 4.74 Å². The Morgan fingerprint density at radius 3 is 2.00 bits per heavy atom. The second kappa shape index (κ2) is 13.6. The predicted octanol–water partition coefficient (Wildman–Crippen LogP) is 4.91. The van der Waals surface area contributed by atoms with Gasteiger partial charge in [0.15, 0.2) is 18.3 Å². The Morgan fingerprint density at radius 2 is 1.39 bits per heavy atom. The van der Waals surface area contributed by atoms with Gasteiger partial charge >= 0.3 is 23.9 Å². The van der Waals surface area contributed by atoms with E-state index in [9.17, 15) is 19.2 Å². The molecule has 8 atom stereocenters. The quantitative estimate of drug-likeness (QED) is 0.265. The van der Waals surface area contributed by atoms with Crippen LogP contribution in [-0.4, -0.2) is 61.0 Å². The van der Waals surface area contributed by atoms with Gasteiger partial charge in [-0.15, -0.1) is 0 Å². The first-order chi connectivity index (χ1) is 21.0. The topological polar surface area (TPSA) is 124 Å². The molecule has 5 rings (SSSR count). The summed E-state index contributed by atoms with van der Waals surface area (Å²) >= 11 is 6.62. The van der Waals surface area contributed by atoms with Crippen LogP contribution in [0.2, 0.25) is 5.02 Å². The minimum atomic E-state index is -1.25. The summed E-state index contributed by atoms with van der Waals surface area (Å²) in [5.41, 5.74) is 2.36. The molecule has 0 spiro atoms. The Morgan fingerprint density at radius 1 is 0.773 bits per heavy atom. The van der Waals surface area contributed by atoms with E-state index in [1.165, 1.54) is 34.1 Å². The highest BCUT2D eigenvalue weighted by molar-refractivity contribution is 6.31. The van der Waals surface area contributed by atoms with E-state index in [1.54, 1.807) is 12.1 Å². The molecule has 0 radical (unpaired) electrons. The van der Waals surface area contributed by atoms with Gasteiger partial charge in [-0.3, -0.25) is 19.2 Å². The van der Waals surface area contributed by atoms with Crippen molar-refractivity contribution in [3.63, 3.8) is 0 Å². The summed E-state index contributed by atoms with van der Waals surface area (Å²) in [5.74, 6) is -0.0850. The van der Waals surface area contributed by atoms with Crippen LogP contribution >= 0.6 is 11.6 Å². The summed E-state index contributed by atoms with van der Waals surface area (Å²) in [6.07, 6.45) is -1.31. The molecule has 0 N–H and O–H groups in total. The third-order valence-corrected chi connectivity index (χ3v) is 8.58. The van der Waals surface area contributed by atoms with Gasteiger partial charge in [-0.1, -0.05) is 35.9 Å². The van der Waals surface area contributed by atoms with Crippen LogP contribution in [0.5, 0.6) is 5.75 Å². The first-order valence-corrected chi connectivity index (χ1v) is 15.2. The van der Waals surface area contributed by atoms with Crippen LogP contribution in [0.1, 0.15) is 69.8 Å². The lowest BCUT2D eigenvalue weighted by Gasteiger charge is -2.44. The van der Waals surface area contributed by atoms with Gasteiger partial charge in [-0.05, 0) is 72.4 Å². The monoisotopic (exact) mass is 628 g/mol. The number of esters is 4. The van der Waals surface area contributed by atoms with Crippen molar-refractivity contribution in [3.8, 4) is 5.75 Å². The number of ether oxygens (including phenoxy) is 6. The van der Waals surface area contributed by atoms with Crippen molar-refractivity contribution in [2.75, 3.05) is 6.61 Å². The highest BCUT2D eigenvalue weighted by Crippen LogP contribution is 2.52. The van der Waals surface area contributed by atoms with Crippen LogP contribution in [-0.2, 0) is 49.3 Å². The third kappa shape index (κ3) is 7.90. The van der Waals surface area contributed by atoms with Crippen LogP contribution in [0.3, 0.4) is 0 Å². The maximum atomic E-state index is 12.2. The SMILES string of the molecule is CC(=O)OC[C@H]1O[C@@H](c2ccc(Cl)c(Cc3ccc(O[C@@H]4C[C@@H]5C[C@@H]5C4)cc3)c2)[C@H](OC(C)=O)[C@@H](OC(C)=O)[C@@H]1OC(C)=O. The molecule has 0 bridgehead atoms. The first kappa shape index (κ1) is 31.8. The van der Waals surface area contributed by atoms with Crippen molar-refractivity contribution in [3.05, 3.63) is 64.2 Å². The van der Waals surface area contributed by atoms with Gasteiger partial charge in [-0.25, -0.2) is 0 Å². The van der Waals surface area contributed by atoms with E-state index >= 15 is 0 Å². The Labute approximate surface area is 261 Å². The molecule has 3 aliphatic rings. The number of rotatable bonds is 10. The average Bonchev–Trinajstić information content (AvgIpc) is 3.56. The van der Waals surface area contributed by atoms with Gasteiger partial charge in [-0.2, -0.15) is 0 Å². The molecule has 2 saturated carbocycles. The number of hydrogen-bond acceptors (Lipinski definition) is 10. The van der Waals surface area contributed by atoms with Crippen LogP contribution in [0.4, 0.5) is 0 Å². The van der Waals surface area contributed by atoms with Crippen molar-refractivity contribution < 1.29 is 47.6 Å². The zero-order chi connectivity index (χ0) is 31.5. The van der Waals surface area contributed by atoms with Gasteiger partial charge in [0.25, 0.3) is 0 Å². The molecule has 11 heteroatoms. The summed E-state index contributed by atoms with van der Waals surface area (Å²) in [6, 6.07) is 13.2. The van der Waals surface area contributed by atoms with Crippen molar-refractivity contribution in [2.24, 2.45) is 11.8 Å². The van der Waals surface area contributed by atoms with E-state index in [0.717, 1.165) is 41.6 Å². The number of carbonyl (C=O) groups is 4. The van der Waals surface area contributed by atoms with Crippen LogP contribution in [0.25, 0.3) is 0 Å². The van der Waals surface area contributed by atoms with Gasteiger partial charge in [0, 0.05) is 32.7 Å². The molecule has 1 heterocycles. The molecule has 10 nitrogen and oxygen atoms in total. The maximum Gasteiger partial charge on any atom is 0.303 e.